The van der Waals surface area contributed by atoms with Gasteiger partial charge in [-0.1, -0.05) is 18.2 Å². The van der Waals surface area contributed by atoms with E-state index >= 15 is 0 Å². The van der Waals surface area contributed by atoms with E-state index in [0.29, 0.717) is 12.4 Å². The number of hydrogen-bond acceptors (Lipinski definition) is 3. The minimum atomic E-state index is 0.641. The highest BCUT2D eigenvalue weighted by molar-refractivity contribution is 9.10. The van der Waals surface area contributed by atoms with Crippen LogP contribution in [-0.2, 0) is 6.54 Å². The summed E-state index contributed by atoms with van der Waals surface area (Å²) in [7, 11) is 0. The molecule has 0 saturated carbocycles. The molecule has 0 saturated heterocycles. The summed E-state index contributed by atoms with van der Waals surface area (Å²) in [5, 5.41) is 5.61. The third-order valence-corrected chi connectivity index (χ3v) is 4.32. The van der Waals surface area contributed by atoms with Crippen LogP contribution in [0.15, 0.2) is 34.8 Å². The molecule has 4 nitrogen and oxygen atoms in total. The zero-order valence-electron chi connectivity index (χ0n) is 11.4. The molecular weight excluding hydrogens is 316 g/mol. The molecule has 0 amide bonds. The molecule has 2 N–H and O–H groups in total. The number of nitrogen functional groups attached to an aromatic ring is 1. The van der Waals surface area contributed by atoms with Gasteiger partial charge < -0.3 is 5.73 Å². The predicted octanol–water partition coefficient (Wildman–Crippen LogP) is 3.44. The average Bonchev–Trinajstić information content (AvgIpc) is 2.66. The third kappa shape index (κ3) is 2.18. The molecule has 0 aliphatic carbocycles. The smallest absolute Gasteiger partial charge is 0.136 e. The van der Waals surface area contributed by atoms with Crippen molar-refractivity contribution in [1.29, 1.82) is 0 Å². The van der Waals surface area contributed by atoms with Gasteiger partial charge in [0.1, 0.15) is 5.82 Å². The molecule has 0 aliphatic heterocycles. The topological polar surface area (TPSA) is 56.7 Å². The quantitative estimate of drug-likeness (QED) is 0.783. The van der Waals surface area contributed by atoms with Crippen molar-refractivity contribution in [2.24, 2.45) is 0 Å². The molecular formula is C15H15BrN4. The van der Waals surface area contributed by atoms with Crippen molar-refractivity contribution in [3.63, 3.8) is 0 Å². The molecule has 1 aromatic carbocycles. The molecule has 102 valence electrons. The number of para-hydroxylation sites is 1. The minimum absolute atomic E-state index is 0.641. The maximum Gasteiger partial charge on any atom is 0.136 e. The van der Waals surface area contributed by atoms with Gasteiger partial charge in [-0.3, -0.25) is 4.98 Å². The lowest BCUT2D eigenvalue weighted by Crippen LogP contribution is -2.07. The fourth-order valence-electron chi connectivity index (χ4n) is 2.39. The van der Waals surface area contributed by atoms with E-state index in [-0.39, 0.29) is 0 Å². The van der Waals surface area contributed by atoms with Crippen LogP contribution in [0.2, 0.25) is 0 Å². The van der Waals surface area contributed by atoms with Gasteiger partial charge in [0.25, 0.3) is 0 Å². The Labute approximate surface area is 125 Å². The maximum atomic E-state index is 6.07. The highest BCUT2D eigenvalue weighted by Gasteiger charge is 2.11. The fourth-order valence-corrected chi connectivity index (χ4v) is 2.67. The molecule has 2 heterocycles. The van der Waals surface area contributed by atoms with Gasteiger partial charge in [-0.2, -0.15) is 5.10 Å². The standard InChI is InChI=1S/C15H15BrN4/c1-9-7-11(12-5-3-4-6-13(12)18-9)8-20-15(17)14(16)10(2)19-20/h3-7H,8,17H2,1-2H3. The van der Waals surface area contributed by atoms with Crippen molar-refractivity contribution in [1.82, 2.24) is 14.8 Å². The van der Waals surface area contributed by atoms with Crippen molar-refractivity contribution in [3.05, 3.63) is 51.8 Å². The first kappa shape index (κ1) is 13.1. The molecule has 0 atom stereocenters. The predicted molar refractivity (Wildman–Crippen MR) is 84.7 cm³/mol. The first-order valence-electron chi connectivity index (χ1n) is 6.40. The highest BCUT2D eigenvalue weighted by atomic mass is 79.9. The molecule has 3 rings (SSSR count). The van der Waals surface area contributed by atoms with Gasteiger partial charge in [-0.15, -0.1) is 0 Å². The first-order chi connectivity index (χ1) is 9.56. The number of rotatable bonds is 2. The lowest BCUT2D eigenvalue weighted by Gasteiger charge is -2.09. The van der Waals surface area contributed by atoms with E-state index in [4.69, 9.17) is 5.73 Å². The highest BCUT2D eigenvalue weighted by Crippen LogP contribution is 2.25. The second kappa shape index (κ2) is 4.90. The van der Waals surface area contributed by atoms with Gasteiger partial charge in [0.15, 0.2) is 0 Å². The fraction of sp³-hybridized carbons (Fsp3) is 0.200. The van der Waals surface area contributed by atoms with Crippen LogP contribution in [-0.4, -0.2) is 14.8 Å². The molecule has 0 fully saturated rings. The SMILES string of the molecule is Cc1cc(Cn2nc(C)c(Br)c2N)c2ccccc2n1. The van der Waals surface area contributed by atoms with E-state index in [1.54, 1.807) is 0 Å². The van der Waals surface area contributed by atoms with Crippen LogP contribution in [0, 0.1) is 13.8 Å². The number of nitrogens with zero attached hydrogens (tertiary/aromatic N) is 3. The van der Waals surface area contributed by atoms with Crippen LogP contribution in [0.25, 0.3) is 10.9 Å². The molecule has 3 aromatic rings. The maximum absolute atomic E-state index is 6.07. The number of nitrogens with two attached hydrogens (primary N) is 1. The Bertz CT molecular complexity index is 792. The number of anilines is 1. The van der Waals surface area contributed by atoms with Crippen molar-refractivity contribution >= 4 is 32.7 Å². The van der Waals surface area contributed by atoms with Crippen molar-refractivity contribution in [2.75, 3.05) is 5.73 Å². The third-order valence-electron chi connectivity index (χ3n) is 3.34. The molecule has 0 unspecified atom stereocenters. The number of pyridine rings is 1. The number of benzene rings is 1. The molecule has 0 aliphatic rings. The lowest BCUT2D eigenvalue weighted by atomic mass is 10.1. The minimum Gasteiger partial charge on any atom is -0.383 e. The first-order valence-corrected chi connectivity index (χ1v) is 7.19. The zero-order valence-corrected chi connectivity index (χ0v) is 13.0. The van der Waals surface area contributed by atoms with Gasteiger partial charge in [0.2, 0.25) is 0 Å². The summed E-state index contributed by atoms with van der Waals surface area (Å²) >= 11 is 3.46. The van der Waals surface area contributed by atoms with Gasteiger partial charge >= 0.3 is 0 Å². The zero-order chi connectivity index (χ0) is 14.3. The Morgan fingerprint density at radius 3 is 2.70 bits per heavy atom. The number of aryl methyl sites for hydroxylation is 2. The van der Waals surface area contributed by atoms with Crippen LogP contribution in [0.5, 0.6) is 0 Å². The Kier molecular flexibility index (Phi) is 3.22. The van der Waals surface area contributed by atoms with E-state index in [0.717, 1.165) is 26.8 Å². The van der Waals surface area contributed by atoms with Gasteiger partial charge in [0.05, 0.1) is 22.2 Å². The monoisotopic (exact) mass is 330 g/mol. The molecule has 5 heteroatoms. The van der Waals surface area contributed by atoms with Crippen molar-refractivity contribution < 1.29 is 0 Å². The summed E-state index contributed by atoms with van der Waals surface area (Å²) in [5.41, 5.74) is 10.2. The van der Waals surface area contributed by atoms with Crippen LogP contribution >= 0.6 is 15.9 Å². The van der Waals surface area contributed by atoms with E-state index in [9.17, 15) is 0 Å². The molecule has 0 spiro atoms. The molecule has 20 heavy (non-hydrogen) atoms. The number of halogens is 1. The van der Waals surface area contributed by atoms with Crippen LogP contribution < -0.4 is 5.73 Å². The Morgan fingerprint density at radius 1 is 1.25 bits per heavy atom. The van der Waals surface area contributed by atoms with Crippen molar-refractivity contribution in [3.8, 4) is 0 Å². The summed E-state index contributed by atoms with van der Waals surface area (Å²) in [6.07, 6.45) is 0. The van der Waals surface area contributed by atoms with E-state index < -0.39 is 0 Å². The number of fused-ring (bicyclic) bond motifs is 1. The second-order valence-electron chi connectivity index (χ2n) is 4.88. The Hall–Kier alpha value is -1.88. The number of hydrogen-bond donors (Lipinski definition) is 1. The summed E-state index contributed by atoms with van der Waals surface area (Å²) in [5.74, 6) is 0.654. The lowest BCUT2D eigenvalue weighted by molar-refractivity contribution is 0.691. The van der Waals surface area contributed by atoms with Crippen LogP contribution in [0.1, 0.15) is 17.0 Å². The van der Waals surface area contributed by atoms with E-state index in [1.807, 2.05) is 36.7 Å². The van der Waals surface area contributed by atoms with Gasteiger partial charge in [-0.25, -0.2) is 4.68 Å². The number of aromatic nitrogens is 3. The normalized spacial score (nSPS) is 11.2. The van der Waals surface area contributed by atoms with Crippen LogP contribution in [0.3, 0.4) is 0 Å². The Morgan fingerprint density at radius 2 is 2.00 bits per heavy atom. The molecule has 0 radical (unpaired) electrons. The van der Waals surface area contributed by atoms with Gasteiger partial charge in [-0.05, 0) is 47.5 Å². The van der Waals surface area contributed by atoms with E-state index in [2.05, 4.69) is 38.1 Å². The van der Waals surface area contributed by atoms with Crippen LogP contribution in [0.4, 0.5) is 5.82 Å². The molecule has 2 aromatic heterocycles. The van der Waals surface area contributed by atoms with Crippen molar-refractivity contribution in [2.45, 2.75) is 20.4 Å². The van der Waals surface area contributed by atoms with Gasteiger partial charge in [0, 0.05) is 11.1 Å². The summed E-state index contributed by atoms with van der Waals surface area (Å²) in [6, 6.07) is 10.2. The summed E-state index contributed by atoms with van der Waals surface area (Å²) < 4.78 is 2.69. The summed E-state index contributed by atoms with van der Waals surface area (Å²) in [4.78, 5) is 4.55. The average molecular weight is 331 g/mol. The largest absolute Gasteiger partial charge is 0.383 e. The second-order valence-corrected chi connectivity index (χ2v) is 5.68. The molecule has 0 bridgehead atoms. The Balaban J connectivity index is 2.12. The summed E-state index contributed by atoms with van der Waals surface area (Å²) in [6.45, 7) is 4.58. The van der Waals surface area contributed by atoms with E-state index in [1.165, 1.54) is 5.56 Å².